The number of hydrogen-bond donors (Lipinski definition) is 1. The third kappa shape index (κ3) is 6.66. The van der Waals surface area contributed by atoms with Crippen molar-refractivity contribution in [1.29, 1.82) is 0 Å². The maximum atomic E-state index is 10.7. The molecule has 0 aromatic heterocycles. The first kappa shape index (κ1) is 24.9. The number of aliphatic imine (C=N–C) groups is 1. The molecule has 0 unspecified atom stereocenters. The number of nitrogens with zero attached hydrogens (tertiary/aromatic N) is 1. The van der Waals surface area contributed by atoms with Gasteiger partial charge < -0.3 is 19.3 Å². The minimum absolute atomic E-state index is 0.0582. The minimum Gasteiger partial charge on any atom is -0.477 e. The molecule has 2 heterocycles. The molecule has 5 heteroatoms. The molecule has 1 aromatic carbocycles. The standard InChI is InChI=1S/C27H41NO4/c1-18-12-13-23(21(4)15-30-16-22-10-8-7-9-11-22)32-25(18)20(3)14-19(2)24(29)26-28-27(5,6)17-31-26/h7-11,14,18-19,21,23-25,29H,12-13,15-17H2,1-6H3/b20-14+/t18-,19+,21+,23-,24-,25-/m0/s1. The van der Waals surface area contributed by atoms with Crippen molar-refractivity contribution in [2.24, 2.45) is 22.7 Å². The van der Waals surface area contributed by atoms with E-state index in [4.69, 9.17) is 14.2 Å². The molecule has 178 valence electrons. The average molecular weight is 444 g/mol. The fourth-order valence-corrected chi connectivity index (χ4v) is 4.58. The topological polar surface area (TPSA) is 60.3 Å². The van der Waals surface area contributed by atoms with E-state index >= 15 is 0 Å². The van der Waals surface area contributed by atoms with Gasteiger partial charge in [0, 0.05) is 11.8 Å². The Kier molecular flexibility index (Phi) is 8.54. The SMILES string of the molecule is C/C(=C\[C@@H](C)[C@H](O)C1=NC(C)(C)CO1)[C@H]1O[C@H]([C@H](C)COCc2ccccc2)CC[C@@H]1C. The summed E-state index contributed by atoms with van der Waals surface area (Å²) in [6.45, 7) is 14.5. The molecule has 1 saturated heterocycles. The second kappa shape index (κ2) is 11.0. The van der Waals surface area contributed by atoms with E-state index in [-0.39, 0.29) is 23.7 Å². The van der Waals surface area contributed by atoms with Crippen LogP contribution in [0.15, 0.2) is 47.0 Å². The number of rotatable bonds is 9. The highest BCUT2D eigenvalue weighted by Gasteiger charge is 2.34. The summed E-state index contributed by atoms with van der Waals surface area (Å²) in [5.74, 6) is 1.13. The van der Waals surface area contributed by atoms with Gasteiger partial charge in [-0.15, -0.1) is 0 Å². The van der Waals surface area contributed by atoms with Crippen LogP contribution in [0.1, 0.15) is 59.9 Å². The van der Waals surface area contributed by atoms with Gasteiger partial charge >= 0.3 is 0 Å². The van der Waals surface area contributed by atoms with Crippen LogP contribution in [0, 0.1) is 17.8 Å². The van der Waals surface area contributed by atoms with E-state index < -0.39 is 6.10 Å². The Bertz CT molecular complexity index is 788. The zero-order valence-corrected chi connectivity index (χ0v) is 20.6. The van der Waals surface area contributed by atoms with E-state index in [2.05, 4.69) is 44.0 Å². The van der Waals surface area contributed by atoms with Gasteiger partial charge in [-0.25, -0.2) is 4.99 Å². The Morgan fingerprint density at radius 1 is 1.25 bits per heavy atom. The molecule has 1 N–H and O–H groups in total. The van der Waals surface area contributed by atoms with E-state index in [0.29, 0.717) is 37.6 Å². The first-order valence-electron chi connectivity index (χ1n) is 12.0. The molecular formula is C27H41NO4. The summed E-state index contributed by atoms with van der Waals surface area (Å²) >= 11 is 0. The molecule has 32 heavy (non-hydrogen) atoms. The van der Waals surface area contributed by atoms with Crippen molar-refractivity contribution >= 4 is 5.90 Å². The van der Waals surface area contributed by atoms with Crippen LogP contribution >= 0.6 is 0 Å². The van der Waals surface area contributed by atoms with Crippen LogP contribution in [0.4, 0.5) is 0 Å². The number of aliphatic hydroxyl groups is 1. The molecule has 1 aromatic rings. The molecule has 0 aliphatic carbocycles. The van der Waals surface area contributed by atoms with Gasteiger partial charge in [-0.2, -0.15) is 0 Å². The average Bonchev–Trinajstić information content (AvgIpc) is 3.13. The van der Waals surface area contributed by atoms with Gasteiger partial charge in [0.15, 0.2) is 0 Å². The van der Waals surface area contributed by atoms with Gasteiger partial charge in [-0.05, 0) is 50.7 Å². The molecule has 0 saturated carbocycles. The molecule has 0 bridgehead atoms. The Hall–Kier alpha value is -1.69. The van der Waals surface area contributed by atoms with E-state index in [1.54, 1.807) is 0 Å². The summed E-state index contributed by atoms with van der Waals surface area (Å²) in [5.41, 5.74) is 2.10. The Balaban J connectivity index is 1.55. The first-order valence-corrected chi connectivity index (χ1v) is 12.0. The smallest absolute Gasteiger partial charge is 0.214 e. The lowest BCUT2D eigenvalue weighted by Gasteiger charge is -2.38. The zero-order chi connectivity index (χ0) is 23.3. The van der Waals surface area contributed by atoms with Crippen molar-refractivity contribution in [3.05, 3.63) is 47.5 Å². The molecule has 2 aliphatic rings. The summed E-state index contributed by atoms with van der Waals surface area (Å²) in [7, 11) is 0. The third-order valence-electron chi connectivity index (χ3n) is 6.58. The quantitative estimate of drug-likeness (QED) is 0.535. The van der Waals surface area contributed by atoms with Gasteiger partial charge in [-0.1, -0.05) is 57.2 Å². The normalized spacial score (nSPS) is 28.5. The zero-order valence-electron chi connectivity index (χ0n) is 20.6. The fourth-order valence-electron chi connectivity index (χ4n) is 4.58. The fraction of sp³-hybridized carbons (Fsp3) is 0.667. The Morgan fingerprint density at radius 3 is 2.62 bits per heavy atom. The minimum atomic E-state index is -0.730. The Morgan fingerprint density at radius 2 is 1.97 bits per heavy atom. The molecule has 5 nitrogen and oxygen atoms in total. The van der Waals surface area contributed by atoms with Gasteiger partial charge in [0.05, 0.1) is 31.0 Å². The number of ether oxygens (including phenoxy) is 3. The van der Waals surface area contributed by atoms with E-state index in [9.17, 15) is 5.11 Å². The van der Waals surface area contributed by atoms with Crippen LogP contribution in [-0.4, -0.2) is 48.1 Å². The van der Waals surface area contributed by atoms with Crippen molar-refractivity contribution in [2.45, 2.75) is 84.8 Å². The van der Waals surface area contributed by atoms with Gasteiger partial charge in [-0.3, -0.25) is 0 Å². The number of benzene rings is 1. The lowest BCUT2D eigenvalue weighted by molar-refractivity contribution is -0.0972. The van der Waals surface area contributed by atoms with Crippen LogP contribution < -0.4 is 0 Å². The van der Waals surface area contributed by atoms with Crippen molar-refractivity contribution < 1.29 is 19.3 Å². The lowest BCUT2D eigenvalue weighted by Crippen LogP contribution is -2.39. The van der Waals surface area contributed by atoms with E-state index in [1.165, 1.54) is 11.1 Å². The number of aliphatic hydroxyl groups excluding tert-OH is 1. The highest BCUT2D eigenvalue weighted by molar-refractivity contribution is 5.83. The van der Waals surface area contributed by atoms with Crippen LogP contribution in [0.2, 0.25) is 0 Å². The molecular weight excluding hydrogens is 402 g/mol. The maximum Gasteiger partial charge on any atom is 0.214 e. The van der Waals surface area contributed by atoms with Crippen LogP contribution in [0.5, 0.6) is 0 Å². The molecule has 0 radical (unpaired) electrons. The molecule has 2 aliphatic heterocycles. The molecule has 6 atom stereocenters. The Labute approximate surface area is 193 Å². The van der Waals surface area contributed by atoms with Gasteiger partial charge in [0.1, 0.15) is 12.7 Å². The van der Waals surface area contributed by atoms with Crippen molar-refractivity contribution in [2.75, 3.05) is 13.2 Å². The van der Waals surface area contributed by atoms with E-state index in [0.717, 1.165) is 12.8 Å². The second-order valence-corrected chi connectivity index (χ2v) is 10.4. The second-order valence-electron chi connectivity index (χ2n) is 10.4. The predicted molar refractivity (Wildman–Crippen MR) is 129 cm³/mol. The van der Waals surface area contributed by atoms with Gasteiger partial charge in [0.2, 0.25) is 5.90 Å². The predicted octanol–water partition coefficient (Wildman–Crippen LogP) is 5.17. The first-order chi connectivity index (χ1) is 15.2. The third-order valence-corrected chi connectivity index (χ3v) is 6.58. The highest BCUT2D eigenvalue weighted by atomic mass is 16.5. The number of hydrogen-bond acceptors (Lipinski definition) is 5. The summed E-state index contributed by atoms with van der Waals surface area (Å²) in [5, 5.41) is 10.7. The van der Waals surface area contributed by atoms with Crippen molar-refractivity contribution in [3.63, 3.8) is 0 Å². The maximum absolute atomic E-state index is 10.7. The van der Waals surface area contributed by atoms with Crippen molar-refractivity contribution in [1.82, 2.24) is 0 Å². The highest BCUT2D eigenvalue weighted by Crippen LogP contribution is 2.33. The summed E-state index contributed by atoms with van der Waals surface area (Å²) in [4.78, 5) is 4.53. The van der Waals surface area contributed by atoms with Crippen LogP contribution in [-0.2, 0) is 20.8 Å². The lowest BCUT2D eigenvalue weighted by atomic mass is 9.85. The van der Waals surface area contributed by atoms with Crippen LogP contribution in [0.25, 0.3) is 0 Å². The molecule has 1 fully saturated rings. The van der Waals surface area contributed by atoms with E-state index in [1.807, 2.05) is 39.0 Å². The summed E-state index contributed by atoms with van der Waals surface area (Å²) < 4.78 is 18.2. The molecule has 3 rings (SSSR count). The molecule has 0 amide bonds. The van der Waals surface area contributed by atoms with Crippen molar-refractivity contribution in [3.8, 4) is 0 Å². The largest absolute Gasteiger partial charge is 0.477 e. The van der Waals surface area contributed by atoms with Gasteiger partial charge in [0.25, 0.3) is 0 Å². The van der Waals surface area contributed by atoms with Crippen LogP contribution in [0.3, 0.4) is 0 Å². The summed E-state index contributed by atoms with van der Waals surface area (Å²) in [6.07, 6.45) is 3.82. The summed E-state index contributed by atoms with van der Waals surface area (Å²) in [6, 6.07) is 10.3. The monoisotopic (exact) mass is 443 g/mol. The molecule has 0 spiro atoms.